The van der Waals surface area contributed by atoms with Crippen LogP contribution in [0.4, 0.5) is 0 Å². The number of phosphoric ester groups is 2. The van der Waals surface area contributed by atoms with Crippen molar-refractivity contribution in [3.8, 4) is 0 Å². The molecule has 0 radical (unpaired) electrons. The van der Waals surface area contributed by atoms with E-state index in [9.17, 15) is 43.2 Å². The molecule has 2 unspecified atom stereocenters. The van der Waals surface area contributed by atoms with Crippen LogP contribution in [-0.2, 0) is 65.4 Å². The van der Waals surface area contributed by atoms with Crippen LogP contribution in [0.3, 0.4) is 0 Å². The molecule has 0 saturated carbocycles. The fourth-order valence-corrected chi connectivity index (χ4v) is 11.2. The second-order valence-electron chi connectivity index (χ2n) is 24.9. The summed E-state index contributed by atoms with van der Waals surface area (Å²) in [7, 11) is -9.89. The van der Waals surface area contributed by atoms with Crippen LogP contribution in [0.1, 0.15) is 318 Å². The molecule has 0 aromatic carbocycles. The van der Waals surface area contributed by atoms with Crippen molar-refractivity contribution in [2.24, 2.45) is 17.8 Å². The van der Waals surface area contributed by atoms with Crippen LogP contribution in [0.2, 0.25) is 0 Å². The van der Waals surface area contributed by atoms with E-state index in [4.69, 9.17) is 37.0 Å². The molecule has 0 fully saturated rings. The number of hydrogen-bond acceptors (Lipinski definition) is 15. The third kappa shape index (κ3) is 59.0. The van der Waals surface area contributed by atoms with Gasteiger partial charge < -0.3 is 33.8 Å². The van der Waals surface area contributed by atoms with Crippen LogP contribution in [-0.4, -0.2) is 96.7 Å². The van der Waals surface area contributed by atoms with Crippen molar-refractivity contribution < 1.29 is 80.2 Å². The maximum absolute atomic E-state index is 13.0. The molecule has 5 atom stereocenters. The zero-order chi connectivity index (χ0) is 62.4. The van der Waals surface area contributed by atoms with E-state index in [1.54, 1.807) is 0 Å². The summed E-state index contributed by atoms with van der Waals surface area (Å²) in [5.74, 6) is 0.0252. The summed E-state index contributed by atoms with van der Waals surface area (Å²) in [5, 5.41) is 10.5. The van der Waals surface area contributed by atoms with Gasteiger partial charge >= 0.3 is 39.5 Å². The molecule has 0 aromatic rings. The zero-order valence-corrected chi connectivity index (χ0v) is 56.1. The van der Waals surface area contributed by atoms with Gasteiger partial charge in [0.05, 0.1) is 26.4 Å². The highest BCUT2D eigenvalue weighted by molar-refractivity contribution is 7.47. The number of esters is 4. The van der Waals surface area contributed by atoms with E-state index in [-0.39, 0.29) is 25.7 Å². The molecule has 17 nitrogen and oxygen atoms in total. The number of phosphoric acid groups is 2. The van der Waals surface area contributed by atoms with Crippen molar-refractivity contribution >= 4 is 39.5 Å². The molecule has 0 aliphatic heterocycles. The van der Waals surface area contributed by atoms with Gasteiger partial charge in [-0.05, 0) is 43.4 Å². The average molecular weight is 1240 g/mol. The number of ether oxygens (including phenoxy) is 4. The summed E-state index contributed by atoms with van der Waals surface area (Å²) in [5.41, 5.74) is 0. The normalized spacial score (nSPS) is 14.3. The Morgan fingerprint density at radius 2 is 0.548 bits per heavy atom. The number of carbonyl (C=O) groups is 4. The maximum atomic E-state index is 13.0. The van der Waals surface area contributed by atoms with Gasteiger partial charge in [-0.2, -0.15) is 0 Å². The molecule has 19 heteroatoms. The van der Waals surface area contributed by atoms with Crippen LogP contribution in [0.15, 0.2) is 0 Å². The number of aliphatic hydroxyl groups is 1. The van der Waals surface area contributed by atoms with Crippen molar-refractivity contribution in [2.45, 2.75) is 336 Å². The topological polar surface area (TPSA) is 237 Å². The van der Waals surface area contributed by atoms with Gasteiger partial charge in [-0.15, -0.1) is 0 Å². The number of hydrogen-bond donors (Lipinski definition) is 3. The van der Waals surface area contributed by atoms with Crippen LogP contribution in [0, 0.1) is 17.8 Å². The van der Waals surface area contributed by atoms with Crippen molar-refractivity contribution in [3.63, 3.8) is 0 Å². The van der Waals surface area contributed by atoms with Crippen LogP contribution in [0.5, 0.6) is 0 Å². The van der Waals surface area contributed by atoms with E-state index in [2.05, 4.69) is 48.5 Å². The molecular weight excluding hydrogens is 1110 g/mol. The summed E-state index contributed by atoms with van der Waals surface area (Å²) in [6, 6.07) is 0. The van der Waals surface area contributed by atoms with E-state index in [0.29, 0.717) is 37.5 Å². The Kier molecular flexibility index (Phi) is 55.0. The molecule has 3 N–H and O–H groups in total. The predicted octanol–water partition coefficient (Wildman–Crippen LogP) is 17.9. The summed E-state index contributed by atoms with van der Waals surface area (Å²) in [6.07, 6.45) is 37.7. The smallest absolute Gasteiger partial charge is 0.462 e. The molecule has 0 spiro atoms. The Morgan fingerprint density at radius 3 is 0.810 bits per heavy atom. The SMILES string of the molecule is CCCCCCCCCCCCC(=O)O[C@H](COC(=O)CCCCCCCCC(C)C)COP(=O)(O)OC[C@H](O)COP(=O)(O)OC[C@@H](COC(=O)CCCCCCCCCC(C)C)OC(=O)CCCCCCCCCCCCCCC(C)C. The first kappa shape index (κ1) is 82.1. The van der Waals surface area contributed by atoms with E-state index < -0.39 is 97.5 Å². The Morgan fingerprint density at radius 1 is 0.321 bits per heavy atom. The fraction of sp³-hybridized carbons (Fsp3) is 0.938. The molecule has 0 saturated heterocycles. The maximum Gasteiger partial charge on any atom is 0.472 e. The lowest BCUT2D eigenvalue weighted by Gasteiger charge is -2.21. The lowest BCUT2D eigenvalue weighted by molar-refractivity contribution is -0.161. The van der Waals surface area contributed by atoms with Gasteiger partial charge in [0.25, 0.3) is 0 Å². The molecule has 0 bridgehead atoms. The minimum Gasteiger partial charge on any atom is -0.462 e. The lowest BCUT2D eigenvalue weighted by atomic mass is 10.0. The van der Waals surface area contributed by atoms with Gasteiger partial charge in [-0.25, -0.2) is 9.13 Å². The largest absolute Gasteiger partial charge is 0.472 e. The van der Waals surface area contributed by atoms with Crippen LogP contribution >= 0.6 is 15.6 Å². The summed E-state index contributed by atoms with van der Waals surface area (Å²) >= 11 is 0. The molecule has 498 valence electrons. The third-order valence-corrected chi connectivity index (χ3v) is 16.8. The second-order valence-corrected chi connectivity index (χ2v) is 27.8. The first-order valence-electron chi connectivity index (χ1n) is 33.8. The van der Waals surface area contributed by atoms with Crippen LogP contribution < -0.4 is 0 Å². The average Bonchev–Trinajstić information content (AvgIpc) is 3.49. The first-order valence-corrected chi connectivity index (χ1v) is 36.8. The highest BCUT2D eigenvalue weighted by Crippen LogP contribution is 2.45. The molecule has 84 heavy (non-hydrogen) atoms. The van der Waals surface area contributed by atoms with Crippen molar-refractivity contribution in [1.82, 2.24) is 0 Å². The molecule has 0 aromatic heterocycles. The van der Waals surface area contributed by atoms with E-state index in [1.165, 1.54) is 116 Å². The van der Waals surface area contributed by atoms with Gasteiger partial charge in [0, 0.05) is 25.7 Å². The van der Waals surface area contributed by atoms with Gasteiger partial charge in [0.1, 0.15) is 19.3 Å². The van der Waals surface area contributed by atoms with Gasteiger partial charge in [-0.3, -0.25) is 37.3 Å². The Balaban J connectivity index is 5.23. The summed E-state index contributed by atoms with van der Waals surface area (Å²) in [4.78, 5) is 72.2. The molecule has 0 amide bonds. The van der Waals surface area contributed by atoms with E-state index in [0.717, 1.165) is 109 Å². The first-order chi connectivity index (χ1) is 40.2. The molecule has 0 aliphatic rings. The molecule has 0 rings (SSSR count). The minimum atomic E-state index is -4.95. The van der Waals surface area contributed by atoms with Gasteiger partial charge in [-0.1, -0.05) is 267 Å². The van der Waals surface area contributed by atoms with Crippen molar-refractivity contribution in [2.75, 3.05) is 39.6 Å². The quantitative estimate of drug-likeness (QED) is 0.0222. The molecular formula is C65H126O17P2. The monoisotopic (exact) mass is 1240 g/mol. The van der Waals surface area contributed by atoms with E-state index in [1.807, 2.05) is 0 Å². The number of rotatable bonds is 63. The van der Waals surface area contributed by atoms with Crippen LogP contribution in [0.25, 0.3) is 0 Å². The van der Waals surface area contributed by atoms with Crippen molar-refractivity contribution in [3.05, 3.63) is 0 Å². The third-order valence-electron chi connectivity index (χ3n) is 14.9. The predicted molar refractivity (Wildman–Crippen MR) is 335 cm³/mol. The van der Waals surface area contributed by atoms with Gasteiger partial charge in [0.2, 0.25) is 0 Å². The Hall–Kier alpha value is -1.94. The van der Waals surface area contributed by atoms with E-state index >= 15 is 0 Å². The Labute approximate surface area is 511 Å². The molecule has 0 aliphatic carbocycles. The van der Waals surface area contributed by atoms with Gasteiger partial charge in [0.15, 0.2) is 12.2 Å². The zero-order valence-electron chi connectivity index (χ0n) is 54.4. The lowest BCUT2D eigenvalue weighted by Crippen LogP contribution is -2.30. The highest BCUT2D eigenvalue weighted by Gasteiger charge is 2.30. The highest BCUT2D eigenvalue weighted by atomic mass is 31.2. The standard InChI is InChI=1S/C65H126O17P2/c1-8-9-10-11-12-13-19-24-34-41-48-64(69)82-61(53-76-63(68)47-40-33-28-27-31-38-45-58(6)7)55-80-84(73,74)78-51-59(66)50-77-83(71,72)79-54-60(52-75-62(67)46-39-32-26-21-23-30-37-44-57(4)5)81-65(70)49-42-35-25-20-17-15-14-16-18-22-29-36-43-56(2)3/h56-61,66H,8-55H2,1-7H3,(H,71,72)(H,73,74)/t59-,60-,61-/m1/s1. The number of aliphatic hydroxyl groups excluding tert-OH is 1. The molecule has 0 heterocycles. The minimum absolute atomic E-state index is 0.105. The summed E-state index contributed by atoms with van der Waals surface area (Å²) in [6.45, 7) is 11.7. The number of unbranched alkanes of at least 4 members (excludes halogenated alkanes) is 31. The fourth-order valence-electron chi connectivity index (χ4n) is 9.66. The Bertz CT molecular complexity index is 1660. The second kappa shape index (κ2) is 56.3. The summed E-state index contributed by atoms with van der Waals surface area (Å²) < 4.78 is 68.0. The van der Waals surface area contributed by atoms with Crippen molar-refractivity contribution in [1.29, 1.82) is 0 Å². The number of carbonyl (C=O) groups excluding carboxylic acids is 4.